The second kappa shape index (κ2) is 9.58. The summed E-state index contributed by atoms with van der Waals surface area (Å²) in [5.74, 6) is 0.949. The smallest absolute Gasteiger partial charge is 0.119 e. The Balaban J connectivity index is 1.62. The fourth-order valence-electron chi connectivity index (χ4n) is 3.77. The third-order valence-electron chi connectivity index (χ3n) is 5.41. The lowest BCUT2D eigenvalue weighted by Gasteiger charge is -2.17. The molecule has 0 atom stereocenters. The molecule has 0 radical (unpaired) electrons. The van der Waals surface area contributed by atoms with Crippen LogP contribution >= 0.6 is 0 Å². The highest BCUT2D eigenvalue weighted by Gasteiger charge is 2.16. The van der Waals surface area contributed by atoms with Crippen LogP contribution in [0.1, 0.15) is 36.5 Å². The van der Waals surface area contributed by atoms with E-state index < -0.39 is 0 Å². The lowest BCUT2D eigenvalue weighted by atomic mass is 9.88. The van der Waals surface area contributed by atoms with Crippen LogP contribution in [0.3, 0.4) is 0 Å². The molecule has 1 aliphatic rings. The van der Waals surface area contributed by atoms with Crippen LogP contribution in [0.5, 0.6) is 5.75 Å². The molecule has 0 amide bonds. The van der Waals surface area contributed by atoms with Gasteiger partial charge < -0.3 is 9.64 Å². The molecular weight excluding hydrogens is 354 g/mol. The van der Waals surface area contributed by atoms with E-state index >= 15 is 0 Å². The van der Waals surface area contributed by atoms with Crippen molar-refractivity contribution in [1.29, 1.82) is 0 Å². The third kappa shape index (κ3) is 5.16. The molecule has 1 saturated heterocycles. The Morgan fingerprint density at radius 3 is 1.93 bits per heavy atom. The maximum Gasteiger partial charge on any atom is 0.119 e. The number of nitrogens with zero attached hydrogens (tertiary/aromatic N) is 1. The Morgan fingerprint density at radius 1 is 0.759 bits per heavy atom. The predicted octanol–water partition coefficient (Wildman–Crippen LogP) is 6.14. The van der Waals surface area contributed by atoms with Crippen LogP contribution in [0, 0.1) is 0 Å². The predicted molar refractivity (Wildman–Crippen MR) is 122 cm³/mol. The molecular formula is C27H29NO. The van der Waals surface area contributed by atoms with Crippen LogP contribution in [-0.4, -0.2) is 31.1 Å². The molecule has 29 heavy (non-hydrogen) atoms. The van der Waals surface area contributed by atoms with Crippen molar-refractivity contribution in [2.24, 2.45) is 0 Å². The molecule has 0 aromatic heterocycles. The zero-order valence-electron chi connectivity index (χ0n) is 17.2. The molecule has 0 spiro atoms. The third-order valence-corrected chi connectivity index (χ3v) is 5.41. The monoisotopic (exact) mass is 383 g/mol. The molecule has 1 aliphatic heterocycles. The Labute approximate surface area is 174 Å². The van der Waals surface area contributed by atoms with Gasteiger partial charge in [0, 0.05) is 19.6 Å². The SMILES string of the molecule is CC/C(=C(\c1ccccc1)c1ccc(OCCCN2CC2)cc1)c1ccccc1. The highest BCUT2D eigenvalue weighted by Crippen LogP contribution is 2.34. The Bertz CT molecular complexity index is 925. The second-order valence-corrected chi connectivity index (χ2v) is 7.51. The van der Waals surface area contributed by atoms with Crippen molar-refractivity contribution in [1.82, 2.24) is 4.90 Å². The first-order valence-corrected chi connectivity index (χ1v) is 10.6. The standard InChI is InChI=1S/C27H29NO/c1-2-26(22-10-5-3-6-11-22)27(23-12-7-4-8-13-23)24-14-16-25(17-15-24)29-21-9-18-28-19-20-28/h3-8,10-17H,2,9,18-21H2,1H3/b27-26-. The molecule has 3 aromatic rings. The highest BCUT2D eigenvalue weighted by molar-refractivity contribution is 5.98. The highest BCUT2D eigenvalue weighted by atomic mass is 16.5. The normalized spacial score (nSPS) is 14.4. The molecule has 0 saturated carbocycles. The average molecular weight is 384 g/mol. The van der Waals surface area contributed by atoms with E-state index in [0.29, 0.717) is 0 Å². The number of ether oxygens (including phenoxy) is 1. The average Bonchev–Trinajstić information content (AvgIpc) is 3.61. The van der Waals surface area contributed by atoms with E-state index in [2.05, 4.69) is 96.8 Å². The first-order chi connectivity index (χ1) is 14.3. The van der Waals surface area contributed by atoms with Crippen LogP contribution in [0.25, 0.3) is 11.1 Å². The summed E-state index contributed by atoms with van der Waals surface area (Å²) in [6.07, 6.45) is 2.06. The Hall–Kier alpha value is -2.84. The van der Waals surface area contributed by atoms with E-state index in [1.165, 1.54) is 40.9 Å². The number of benzene rings is 3. The molecule has 0 N–H and O–H groups in total. The molecule has 1 heterocycles. The number of allylic oxidation sites excluding steroid dienone is 1. The van der Waals surface area contributed by atoms with Crippen LogP contribution in [0.15, 0.2) is 84.9 Å². The molecule has 0 aliphatic carbocycles. The minimum absolute atomic E-state index is 0.779. The van der Waals surface area contributed by atoms with Gasteiger partial charge in [0.1, 0.15) is 5.75 Å². The van der Waals surface area contributed by atoms with E-state index in [1.54, 1.807) is 0 Å². The molecule has 1 fully saturated rings. The first-order valence-electron chi connectivity index (χ1n) is 10.6. The maximum atomic E-state index is 5.95. The molecule has 3 aromatic carbocycles. The Morgan fingerprint density at radius 2 is 1.34 bits per heavy atom. The van der Waals surface area contributed by atoms with Crippen molar-refractivity contribution < 1.29 is 4.74 Å². The summed E-state index contributed by atoms with van der Waals surface area (Å²) in [6, 6.07) is 30.0. The summed E-state index contributed by atoms with van der Waals surface area (Å²) >= 11 is 0. The molecule has 2 heteroatoms. The second-order valence-electron chi connectivity index (χ2n) is 7.51. The van der Waals surface area contributed by atoms with Crippen LogP contribution in [0.4, 0.5) is 0 Å². The van der Waals surface area contributed by atoms with Crippen molar-refractivity contribution in [2.45, 2.75) is 19.8 Å². The van der Waals surface area contributed by atoms with E-state index in [0.717, 1.165) is 31.7 Å². The van der Waals surface area contributed by atoms with Gasteiger partial charge in [-0.3, -0.25) is 0 Å². The summed E-state index contributed by atoms with van der Waals surface area (Å²) < 4.78 is 5.95. The zero-order valence-corrected chi connectivity index (χ0v) is 17.2. The van der Waals surface area contributed by atoms with Crippen molar-refractivity contribution in [3.63, 3.8) is 0 Å². The van der Waals surface area contributed by atoms with Gasteiger partial charge in [0.15, 0.2) is 0 Å². The van der Waals surface area contributed by atoms with Gasteiger partial charge in [-0.25, -0.2) is 0 Å². The molecule has 2 nitrogen and oxygen atoms in total. The molecule has 0 unspecified atom stereocenters. The van der Waals surface area contributed by atoms with Gasteiger partial charge in [-0.2, -0.15) is 0 Å². The quantitative estimate of drug-likeness (QED) is 0.250. The van der Waals surface area contributed by atoms with Gasteiger partial charge in [-0.15, -0.1) is 0 Å². The molecule has 0 bridgehead atoms. The first kappa shape index (κ1) is 19.5. The summed E-state index contributed by atoms with van der Waals surface area (Å²) in [4.78, 5) is 2.43. The summed E-state index contributed by atoms with van der Waals surface area (Å²) in [7, 11) is 0. The van der Waals surface area contributed by atoms with Crippen molar-refractivity contribution in [3.05, 3.63) is 102 Å². The minimum atomic E-state index is 0.779. The summed E-state index contributed by atoms with van der Waals surface area (Å²) in [6.45, 7) is 6.67. The van der Waals surface area contributed by atoms with E-state index in [1.807, 2.05) is 0 Å². The van der Waals surface area contributed by atoms with Gasteiger partial charge in [-0.05, 0) is 52.8 Å². The lowest BCUT2D eigenvalue weighted by molar-refractivity contribution is 0.299. The van der Waals surface area contributed by atoms with Gasteiger partial charge in [-0.1, -0.05) is 79.7 Å². The minimum Gasteiger partial charge on any atom is -0.494 e. The van der Waals surface area contributed by atoms with Gasteiger partial charge >= 0.3 is 0 Å². The van der Waals surface area contributed by atoms with Crippen molar-refractivity contribution >= 4 is 11.1 Å². The van der Waals surface area contributed by atoms with Gasteiger partial charge in [0.25, 0.3) is 0 Å². The van der Waals surface area contributed by atoms with E-state index in [9.17, 15) is 0 Å². The van der Waals surface area contributed by atoms with Crippen LogP contribution in [-0.2, 0) is 0 Å². The van der Waals surface area contributed by atoms with Gasteiger partial charge in [0.2, 0.25) is 0 Å². The van der Waals surface area contributed by atoms with Crippen molar-refractivity contribution in [3.8, 4) is 5.75 Å². The number of rotatable bonds is 9. The van der Waals surface area contributed by atoms with E-state index in [-0.39, 0.29) is 0 Å². The summed E-state index contributed by atoms with van der Waals surface area (Å²) in [5.41, 5.74) is 6.43. The van der Waals surface area contributed by atoms with Crippen LogP contribution < -0.4 is 4.74 Å². The van der Waals surface area contributed by atoms with Crippen molar-refractivity contribution in [2.75, 3.05) is 26.2 Å². The number of hydrogen-bond donors (Lipinski definition) is 0. The maximum absolute atomic E-state index is 5.95. The topological polar surface area (TPSA) is 12.2 Å². The van der Waals surface area contributed by atoms with Gasteiger partial charge in [0.05, 0.1) is 6.61 Å². The fraction of sp³-hybridized carbons (Fsp3) is 0.259. The largest absolute Gasteiger partial charge is 0.494 e. The number of hydrogen-bond acceptors (Lipinski definition) is 2. The Kier molecular flexibility index (Phi) is 6.43. The molecule has 4 rings (SSSR count). The zero-order chi connectivity index (χ0) is 19.9. The van der Waals surface area contributed by atoms with E-state index in [4.69, 9.17) is 4.74 Å². The lowest BCUT2D eigenvalue weighted by Crippen LogP contribution is -2.06. The van der Waals surface area contributed by atoms with Crippen LogP contribution in [0.2, 0.25) is 0 Å². The fourth-order valence-corrected chi connectivity index (χ4v) is 3.77. The molecule has 148 valence electrons. The summed E-state index contributed by atoms with van der Waals surface area (Å²) in [5, 5.41) is 0.